The zero-order chi connectivity index (χ0) is 16.3. The molecule has 1 aromatic carbocycles. The van der Waals surface area contributed by atoms with Crippen molar-refractivity contribution in [2.24, 2.45) is 5.41 Å². The van der Waals surface area contributed by atoms with Crippen LogP contribution < -0.4 is 5.32 Å². The minimum absolute atomic E-state index is 0.0313. The molecule has 0 radical (unpaired) electrons. The van der Waals surface area contributed by atoms with Crippen LogP contribution >= 0.6 is 11.6 Å². The highest BCUT2D eigenvalue weighted by Crippen LogP contribution is 2.16. The fourth-order valence-electron chi connectivity index (χ4n) is 1.68. The number of amides is 1. The fourth-order valence-corrected chi connectivity index (χ4v) is 1.86. The third-order valence-electron chi connectivity index (χ3n) is 3.19. The number of carboxylic acid groups (broad SMARTS) is 1. The molecular formula is C15H16ClN3O3. The monoisotopic (exact) mass is 321 g/mol. The van der Waals surface area contributed by atoms with Gasteiger partial charge in [-0.25, -0.2) is 4.68 Å². The van der Waals surface area contributed by atoms with E-state index in [1.54, 1.807) is 38.2 Å². The number of hydrogen-bond donors (Lipinski definition) is 2. The van der Waals surface area contributed by atoms with Crippen LogP contribution in [0.1, 0.15) is 24.2 Å². The lowest BCUT2D eigenvalue weighted by atomic mass is 9.94. The maximum atomic E-state index is 12.0. The first kappa shape index (κ1) is 16.0. The molecule has 22 heavy (non-hydrogen) atoms. The summed E-state index contributed by atoms with van der Waals surface area (Å²) >= 11 is 5.92. The van der Waals surface area contributed by atoms with Crippen molar-refractivity contribution in [2.45, 2.75) is 13.8 Å². The molecule has 0 saturated carbocycles. The summed E-state index contributed by atoms with van der Waals surface area (Å²) in [7, 11) is 0. The standard InChI is InChI=1S/C15H16ClN3O3/c1-15(2,14(21)22)9-17-13(20)10-7-18-19(8-10)12-5-3-4-11(16)6-12/h3-8H,9H2,1-2H3,(H,17,20)(H,21,22). The summed E-state index contributed by atoms with van der Waals surface area (Å²) in [5.74, 6) is -1.34. The van der Waals surface area contributed by atoms with Crippen molar-refractivity contribution in [3.8, 4) is 5.69 Å². The van der Waals surface area contributed by atoms with E-state index in [1.807, 2.05) is 6.07 Å². The number of nitrogens with zero attached hydrogens (tertiary/aromatic N) is 2. The van der Waals surface area contributed by atoms with Gasteiger partial charge in [0.15, 0.2) is 0 Å². The molecule has 0 unspecified atom stereocenters. The third kappa shape index (κ3) is 3.65. The van der Waals surface area contributed by atoms with Crippen LogP contribution in [0.3, 0.4) is 0 Å². The Balaban J connectivity index is 2.08. The number of halogens is 1. The van der Waals surface area contributed by atoms with Crippen LogP contribution in [-0.4, -0.2) is 33.3 Å². The number of hydrogen-bond acceptors (Lipinski definition) is 3. The highest BCUT2D eigenvalue weighted by Gasteiger charge is 2.27. The lowest BCUT2D eigenvalue weighted by Gasteiger charge is -2.19. The Morgan fingerprint density at radius 1 is 1.41 bits per heavy atom. The number of nitrogens with one attached hydrogen (secondary N) is 1. The molecule has 0 saturated heterocycles. The Labute approximate surface area is 132 Å². The number of carbonyl (C=O) groups is 2. The Kier molecular flexibility index (Phi) is 4.51. The number of carboxylic acids is 1. The minimum atomic E-state index is -1.03. The zero-order valence-corrected chi connectivity index (χ0v) is 13.0. The van der Waals surface area contributed by atoms with E-state index < -0.39 is 11.4 Å². The summed E-state index contributed by atoms with van der Waals surface area (Å²) in [6.45, 7) is 3.12. The van der Waals surface area contributed by atoms with Gasteiger partial charge in [0.05, 0.1) is 22.9 Å². The van der Waals surface area contributed by atoms with Gasteiger partial charge in [-0.3, -0.25) is 9.59 Å². The van der Waals surface area contributed by atoms with Gasteiger partial charge in [-0.2, -0.15) is 5.10 Å². The summed E-state index contributed by atoms with van der Waals surface area (Å²) in [6.07, 6.45) is 2.98. The highest BCUT2D eigenvalue weighted by molar-refractivity contribution is 6.30. The fraction of sp³-hybridized carbons (Fsp3) is 0.267. The Hall–Kier alpha value is -2.34. The molecule has 2 rings (SSSR count). The van der Waals surface area contributed by atoms with Gasteiger partial charge in [-0.1, -0.05) is 17.7 Å². The van der Waals surface area contributed by atoms with E-state index in [4.69, 9.17) is 16.7 Å². The normalized spacial score (nSPS) is 11.2. The molecule has 116 valence electrons. The smallest absolute Gasteiger partial charge is 0.310 e. The van der Waals surface area contributed by atoms with Crippen molar-refractivity contribution in [1.82, 2.24) is 15.1 Å². The molecule has 0 fully saturated rings. The summed E-state index contributed by atoms with van der Waals surface area (Å²) in [4.78, 5) is 23.1. The maximum Gasteiger partial charge on any atom is 0.310 e. The van der Waals surface area contributed by atoms with Crippen molar-refractivity contribution < 1.29 is 14.7 Å². The van der Waals surface area contributed by atoms with Gasteiger partial charge in [-0.05, 0) is 32.0 Å². The topological polar surface area (TPSA) is 84.2 Å². The highest BCUT2D eigenvalue weighted by atomic mass is 35.5. The predicted molar refractivity (Wildman–Crippen MR) is 82.3 cm³/mol. The Morgan fingerprint density at radius 2 is 2.14 bits per heavy atom. The van der Waals surface area contributed by atoms with Gasteiger partial charge in [0.25, 0.3) is 5.91 Å². The second-order valence-corrected chi connectivity index (χ2v) is 5.96. The molecule has 1 aromatic heterocycles. The van der Waals surface area contributed by atoms with Crippen molar-refractivity contribution >= 4 is 23.5 Å². The van der Waals surface area contributed by atoms with E-state index in [-0.39, 0.29) is 12.5 Å². The summed E-state index contributed by atoms with van der Waals surface area (Å²) in [5, 5.41) is 16.3. The first-order valence-electron chi connectivity index (χ1n) is 6.62. The van der Waals surface area contributed by atoms with Crippen LogP contribution in [0.4, 0.5) is 0 Å². The lowest BCUT2D eigenvalue weighted by Crippen LogP contribution is -2.38. The summed E-state index contributed by atoms with van der Waals surface area (Å²) in [6, 6.07) is 7.07. The van der Waals surface area contributed by atoms with Gasteiger partial charge in [0.2, 0.25) is 0 Å². The third-order valence-corrected chi connectivity index (χ3v) is 3.42. The molecule has 0 bridgehead atoms. The molecule has 0 spiro atoms. The van der Waals surface area contributed by atoms with Crippen LogP contribution in [0.2, 0.25) is 5.02 Å². The van der Waals surface area contributed by atoms with Gasteiger partial charge in [0.1, 0.15) is 0 Å². The second-order valence-electron chi connectivity index (χ2n) is 5.53. The van der Waals surface area contributed by atoms with E-state index in [1.165, 1.54) is 10.9 Å². The maximum absolute atomic E-state index is 12.0. The Bertz CT molecular complexity index is 710. The van der Waals surface area contributed by atoms with E-state index in [9.17, 15) is 9.59 Å². The summed E-state index contributed by atoms with van der Waals surface area (Å²) < 4.78 is 1.53. The molecule has 0 aliphatic rings. The lowest BCUT2D eigenvalue weighted by molar-refractivity contribution is -0.146. The second kappa shape index (κ2) is 6.19. The van der Waals surface area contributed by atoms with E-state index >= 15 is 0 Å². The number of rotatable bonds is 5. The minimum Gasteiger partial charge on any atom is -0.481 e. The molecular weight excluding hydrogens is 306 g/mol. The van der Waals surface area contributed by atoms with Crippen LogP contribution in [0, 0.1) is 5.41 Å². The Morgan fingerprint density at radius 3 is 2.77 bits per heavy atom. The molecule has 2 N–H and O–H groups in total. The number of benzene rings is 1. The molecule has 2 aromatic rings. The molecule has 0 atom stereocenters. The van der Waals surface area contributed by atoms with Crippen LogP contribution in [0.25, 0.3) is 5.69 Å². The molecule has 1 heterocycles. The van der Waals surface area contributed by atoms with Crippen molar-refractivity contribution in [2.75, 3.05) is 6.54 Å². The first-order chi connectivity index (χ1) is 10.3. The molecule has 6 nitrogen and oxygen atoms in total. The molecule has 0 aliphatic carbocycles. The predicted octanol–water partition coefficient (Wildman–Crippen LogP) is 2.37. The average molecular weight is 322 g/mol. The molecule has 1 amide bonds. The van der Waals surface area contributed by atoms with Crippen LogP contribution in [-0.2, 0) is 4.79 Å². The van der Waals surface area contributed by atoms with E-state index in [2.05, 4.69) is 10.4 Å². The molecule has 0 aliphatic heterocycles. The summed E-state index contributed by atoms with van der Waals surface area (Å²) in [5.41, 5.74) is 0.0529. The van der Waals surface area contributed by atoms with Gasteiger partial charge >= 0.3 is 5.97 Å². The number of carbonyl (C=O) groups excluding carboxylic acids is 1. The van der Waals surface area contributed by atoms with Gasteiger partial charge in [-0.15, -0.1) is 0 Å². The number of aromatic nitrogens is 2. The number of aliphatic carboxylic acids is 1. The van der Waals surface area contributed by atoms with Crippen molar-refractivity contribution in [3.63, 3.8) is 0 Å². The van der Waals surface area contributed by atoms with Crippen molar-refractivity contribution in [3.05, 3.63) is 47.2 Å². The first-order valence-corrected chi connectivity index (χ1v) is 6.99. The average Bonchev–Trinajstić information content (AvgIpc) is 2.94. The van der Waals surface area contributed by atoms with E-state index in [0.717, 1.165) is 5.69 Å². The SMILES string of the molecule is CC(C)(CNC(=O)c1cnn(-c2cccc(Cl)c2)c1)C(=O)O. The molecule has 7 heteroatoms. The van der Waals surface area contributed by atoms with Crippen molar-refractivity contribution in [1.29, 1.82) is 0 Å². The zero-order valence-electron chi connectivity index (χ0n) is 12.2. The largest absolute Gasteiger partial charge is 0.481 e. The van der Waals surface area contributed by atoms with Crippen LogP contribution in [0.15, 0.2) is 36.7 Å². The van der Waals surface area contributed by atoms with Crippen LogP contribution in [0.5, 0.6) is 0 Å². The van der Waals surface area contributed by atoms with Gasteiger partial charge < -0.3 is 10.4 Å². The quantitative estimate of drug-likeness (QED) is 0.885. The van der Waals surface area contributed by atoms with E-state index in [0.29, 0.717) is 10.6 Å². The van der Waals surface area contributed by atoms with Gasteiger partial charge in [0, 0.05) is 17.8 Å².